The molecule has 2 aromatic heterocycles. The van der Waals surface area contributed by atoms with Gasteiger partial charge in [-0.3, -0.25) is 4.68 Å². The molecule has 2 aromatic carbocycles. The Hall–Kier alpha value is -3.22. The Morgan fingerprint density at radius 3 is 2.46 bits per heavy atom. The van der Waals surface area contributed by atoms with E-state index >= 15 is 0 Å². The van der Waals surface area contributed by atoms with Crippen molar-refractivity contribution in [1.29, 1.82) is 0 Å². The number of aliphatic hydroxyl groups excluding tert-OH is 1. The molecule has 28 heavy (non-hydrogen) atoms. The van der Waals surface area contributed by atoms with Gasteiger partial charge in [0.1, 0.15) is 12.1 Å². The summed E-state index contributed by atoms with van der Waals surface area (Å²) < 4.78 is 1.73. The maximum atomic E-state index is 9.90. The van der Waals surface area contributed by atoms with E-state index in [1.807, 2.05) is 48.7 Å². The summed E-state index contributed by atoms with van der Waals surface area (Å²) in [4.78, 5) is 8.58. The van der Waals surface area contributed by atoms with E-state index in [0.29, 0.717) is 16.5 Å². The Bertz CT molecular complexity index is 1080. The first-order valence-electron chi connectivity index (χ1n) is 8.74. The lowest BCUT2D eigenvalue weighted by Gasteiger charge is -2.15. The van der Waals surface area contributed by atoms with Crippen LogP contribution in [0, 0.1) is 0 Å². The van der Waals surface area contributed by atoms with Crippen LogP contribution in [-0.2, 0) is 0 Å². The molecule has 3 N–H and O–H groups in total. The highest BCUT2D eigenvalue weighted by Gasteiger charge is 2.18. The zero-order valence-corrected chi connectivity index (χ0v) is 15.7. The maximum Gasteiger partial charge on any atom is 0.135 e. The van der Waals surface area contributed by atoms with Crippen LogP contribution in [0.15, 0.2) is 73.3 Å². The molecular formula is C21H18ClN5O. The molecule has 140 valence electrons. The van der Waals surface area contributed by atoms with Gasteiger partial charge in [-0.15, -0.1) is 0 Å². The fraction of sp³-hybridized carbons (Fsp3) is 0.0952. The molecule has 0 spiro atoms. The predicted octanol–water partition coefficient (Wildman–Crippen LogP) is 3.82. The molecule has 0 aliphatic carbocycles. The minimum Gasteiger partial charge on any atom is -0.394 e. The van der Waals surface area contributed by atoms with Crippen molar-refractivity contribution in [2.24, 2.45) is 0 Å². The van der Waals surface area contributed by atoms with Gasteiger partial charge in [-0.25, -0.2) is 9.97 Å². The van der Waals surface area contributed by atoms with E-state index < -0.39 is 0 Å². The van der Waals surface area contributed by atoms with Crippen molar-refractivity contribution in [1.82, 2.24) is 19.7 Å². The van der Waals surface area contributed by atoms with Gasteiger partial charge in [0.2, 0.25) is 0 Å². The van der Waals surface area contributed by atoms with E-state index in [0.717, 1.165) is 22.3 Å². The van der Waals surface area contributed by atoms with Crippen molar-refractivity contribution < 1.29 is 5.11 Å². The van der Waals surface area contributed by atoms with Gasteiger partial charge in [0.15, 0.2) is 0 Å². The number of halogens is 1. The van der Waals surface area contributed by atoms with Gasteiger partial charge in [0.25, 0.3) is 0 Å². The average molecular weight is 392 g/mol. The molecule has 0 bridgehead atoms. The third-order valence-electron chi connectivity index (χ3n) is 4.56. The van der Waals surface area contributed by atoms with E-state index in [1.54, 1.807) is 23.0 Å². The molecule has 0 radical (unpaired) electrons. The Labute approximate surface area is 167 Å². The number of benzene rings is 2. The number of anilines is 1. The number of aromatic nitrogens is 4. The van der Waals surface area contributed by atoms with Gasteiger partial charge in [-0.1, -0.05) is 54.1 Å². The highest BCUT2D eigenvalue weighted by atomic mass is 35.5. The normalized spacial score (nSPS) is 12.1. The summed E-state index contributed by atoms with van der Waals surface area (Å²) in [6.45, 7) is -0.0684. The first-order valence-corrected chi connectivity index (χ1v) is 9.12. The molecule has 7 heteroatoms. The van der Waals surface area contributed by atoms with Crippen molar-refractivity contribution in [3.05, 3.63) is 83.9 Å². The van der Waals surface area contributed by atoms with Crippen LogP contribution < -0.4 is 5.73 Å². The summed E-state index contributed by atoms with van der Waals surface area (Å²) in [6, 6.07) is 16.8. The fourth-order valence-corrected chi connectivity index (χ4v) is 3.29. The monoisotopic (exact) mass is 391 g/mol. The lowest BCUT2D eigenvalue weighted by Crippen LogP contribution is -2.15. The van der Waals surface area contributed by atoms with Crippen molar-refractivity contribution >= 4 is 17.4 Å². The van der Waals surface area contributed by atoms with Gasteiger partial charge >= 0.3 is 0 Å². The van der Waals surface area contributed by atoms with Crippen molar-refractivity contribution in [2.75, 3.05) is 12.3 Å². The quantitative estimate of drug-likeness (QED) is 0.539. The van der Waals surface area contributed by atoms with E-state index in [2.05, 4.69) is 15.1 Å². The zero-order valence-electron chi connectivity index (χ0n) is 14.9. The van der Waals surface area contributed by atoms with Crippen molar-refractivity contribution in [2.45, 2.75) is 6.04 Å². The van der Waals surface area contributed by atoms with E-state index in [9.17, 15) is 5.11 Å². The topological polar surface area (TPSA) is 89.9 Å². The number of nitrogens with two attached hydrogens (primary N) is 1. The molecule has 0 aliphatic heterocycles. The van der Waals surface area contributed by atoms with Gasteiger partial charge in [0, 0.05) is 16.8 Å². The molecule has 4 aromatic rings. The molecule has 1 atom stereocenters. The minimum atomic E-state index is -0.284. The molecule has 0 unspecified atom stereocenters. The zero-order chi connectivity index (χ0) is 19.5. The predicted molar refractivity (Wildman–Crippen MR) is 110 cm³/mol. The second kappa shape index (κ2) is 7.80. The van der Waals surface area contributed by atoms with Crippen LogP contribution in [0.2, 0.25) is 5.02 Å². The number of hydrogen-bond donors (Lipinski definition) is 2. The van der Waals surface area contributed by atoms with E-state index in [1.165, 1.54) is 6.33 Å². The third kappa shape index (κ3) is 3.47. The summed E-state index contributed by atoms with van der Waals surface area (Å²) in [5.74, 6) is 0.377. The number of nitrogen functional groups attached to an aromatic ring is 1. The standard InChI is InChI=1S/C21H18ClN5O/c22-17-8-6-15(7-9-17)19-20(24-13-25-21(19)23)16-10-26-27(11-16)18(12-28)14-4-2-1-3-5-14/h1-11,13,18,28H,12H2,(H2,23,24,25)/t18-/m0/s1. The number of nitrogens with zero attached hydrogens (tertiary/aromatic N) is 4. The Balaban J connectivity index is 1.77. The number of aliphatic hydroxyl groups is 1. The lowest BCUT2D eigenvalue weighted by atomic mass is 10.0. The van der Waals surface area contributed by atoms with Crippen molar-refractivity contribution in [3.8, 4) is 22.4 Å². The average Bonchev–Trinajstić information content (AvgIpc) is 3.20. The van der Waals surface area contributed by atoms with Gasteiger partial charge < -0.3 is 10.8 Å². The first-order chi connectivity index (χ1) is 13.7. The Morgan fingerprint density at radius 1 is 1.00 bits per heavy atom. The second-order valence-corrected chi connectivity index (χ2v) is 6.74. The molecule has 4 rings (SSSR count). The largest absolute Gasteiger partial charge is 0.394 e. The van der Waals surface area contributed by atoms with Crippen molar-refractivity contribution in [3.63, 3.8) is 0 Å². The molecule has 0 saturated heterocycles. The molecule has 0 amide bonds. The van der Waals surface area contributed by atoms with Crippen LogP contribution in [0.5, 0.6) is 0 Å². The van der Waals surface area contributed by atoms with Crippen LogP contribution in [0.3, 0.4) is 0 Å². The first kappa shape index (κ1) is 18.2. The Morgan fingerprint density at radius 2 is 1.75 bits per heavy atom. The minimum absolute atomic E-state index is 0.0684. The molecule has 0 saturated carbocycles. The molecule has 0 fully saturated rings. The lowest BCUT2D eigenvalue weighted by molar-refractivity contribution is 0.241. The fourth-order valence-electron chi connectivity index (χ4n) is 3.17. The summed E-state index contributed by atoms with van der Waals surface area (Å²) in [5.41, 5.74) is 10.2. The Kier molecular flexibility index (Phi) is 5.06. The molecule has 6 nitrogen and oxygen atoms in total. The molecule has 2 heterocycles. The molecule has 0 aliphatic rings. The molecular weight excluding hydrogens is 374 g/mol. The van der Waals surface area contributed by atoms with Crippen LogP contribution in [0.4, 0.5) is 5.82 Å². The maximum absolute atomic E-state index is 9.90. The highest BCUT2D eigenvalue weighted by molar-refractivity contribution is 6.30. The summed E-state index contributed by atoms with van der Waals surface area (Å²) >= 11 is 6.01. The van der Waals surface area contributed by atoms with Crippen LogP contribution in [-0.4, -0.2) is 31.5 Å². The number of rotatable bonds is 5. The summed E-state index contributed by atoms with van der Waals surface area (Å²) in [7, 11) is 0. The SMILES string of the molecule is Nc1ncnc(-c2cnn([C@@H](CO)c3ccccc3)c2)c1-c1ccc(Cl)cc1. The van der Waals surface area contributed by atoms with Gasteiger partial charge in [0.05, 0.1) is 30.1 Å². The van der Waals surface area contributed by atoms with E-state index in [4.69, 9.17) is 17.3 Å². The summed E-state index contributed by atoms with van der Waals surface area (Å²) in [6.07, 6.45) is 5.00. The second-order valence-electron chi connectivity index (χ2n) is 6.31. The highest BCUT2D eigenvalue weighted by Crippen LogP contribution is 2.34. The van der Waals surface area contributed by atoms with Gasteiger partial charge in [-0.05, 0) is 23.3 Å². The smallest absolute Gasteiger partial charge is 0.135 e. The van der Waals surface area contributed by atoms with E-state index in [-0.39, 0.29) is 12.6 Å². The summed E-state index contributed by atoms with van der Waals surface area (Å²) in [5, 5.41) is 15.0. The van der Waals surface area contributed by atoms with Crippen LogP contribution in [0.1, 0.15) is 11.6 Å². The third-order valence-corrected chi connectivity index (χ3v) is 4.81. The van der Waals surface area contributed by atoms with Crippen LogP contribution in [0.25, 0.3) is 22.4 Å². The van der Waals surface area contributed by atoms with Gasteiger partial charge in [-0.2, -0.15) is 5.10 Å². The van der Waals surface area contributed by atoms with Crippen LogP contribution >= 0.6 is 11.6 Å². The number of hydrogen-bond acceptors (Lipinski definition) is 5.